The number of guanidine groups is 1. The van der Waals surface area contributed by atoms with Gasteiger partial charge in [0.1, 0.15) is 18.1 Å². The Morgan fingerprint density at radius 3 is 1.91 bits per heavy atom. The third-order valence-electron chi connectivity index (χ3n) is 5.73. The number of rotatable bonds is 16. The second-order valence-corrected chi connectivity index (χ2v) is 8.38. The highest BCUT2D eigenvalue weighted by atomic mass is 16.4. The van der Waals surface area contributed by atoms with Crippen LogP contribution < -0.4 is 33.2 Å². The lowest BCUT2D eigenvalue weighted by atomic mass is 9.97. The quantitative estimate of drug-likeness (QED) is 0.0681. The van der Waals surface area contributed by atoms with Crippen LogP contribution in [0, 0.1) is 11.8 Å². The Bertz CT molecular complexity index is 714. The molecule has 6 atom stereocenters. The average molecular weight is 488 g/mol. The van der Waals surface area contributed by atoms with Gasteiger partial charge in [0.15, 0.2) is 5.96 Å². The summed E-state index contributed by atoms with van der Waals surface area (Å²) in [6, 6.07) is -4.49. The number of aliphatic hydroxyl groups is 1. The topological polar surface area (TPSA) is 235 Å². The molecule has 0 rings (SSSR count). The molecule has 6 unspecified atom stereocenters. The van der Waals surface area contributed by atoms with Crippen LogP contribution in [0.15, 0.2) is 4.99 Å². The molecule has 13 heteroatoms. The summed E-state index contributed by atoms with van der Waals surface area (Å²) in [6.07, 6.45) is 1.53. The third kappa shape index (κ3) is 10.8. The van der Waals surface area contributed by atoms with Crippen LogP contribution >= 0.6 is 0 Å². The highest BCUT2D eigenvalue weighted by Gasteiger charge is 2.32. The maximum atomic E-state index is 12.9. The number of nitrogens with two attached hydrogens (primary N) is 3. The number of amides is 3. The molecule has 196 valence electrons. The lowest BCUT2D eigenvalue weighted by Crippen LogP contribution is -2.59. The van der Waals surface area contributed by atoms with Crippen molar-refractivity contribution in [2.24, 2.45) is 34.0 Å². The minimum absolute atomic E-state index is 0.0713. The van der Waals surface area contributed by atoms with Gasteiger partial charge in [0.05, 0.1) is 12.6 Å². The first-order chi connectivity index (χ1) is 15.9. The highest BCUT2D eigenvalue weighted by Crippen LogP contribution is 2.10. The molecule has 0 aromatic carbocycles. The summed E-state index contributed by atoms with van der Waals surface area (Å²) in [6.45, 7) is 6.67. The van der Waals surface area contributed by atoms with E-state index in [-0.39, 0.29) is 30.8 Å². The van der Waals surface area contributed by atoms with Gasteiger partial charge in [-0.1, -0.05) is 40.5 Å². The number of hydrogen-bond acceptors (Lipinski definition) is 7. The molecule has 0 aromatic heterocycles. The summed E-state index contributed by atoms with van der Waals surface area (Å²) >= 11 is 0. The molecule has 13 nitrogen and oxygen atoms in total. The van der Waals surface area contributed by atoms with E-state index in [1.165, 1.54) is 0 Å². The number of nitrogens with one attached hydrogen (secondary N) is 3. The highest BCUT2D eigenvalue weighted by molar-refractivity contribution is 5.94. The van der Waals surface area contributed by atoms with Crippen LogP contribution in [0.3, 0.4) is 0 Å². The molecule has 0 fully saturated rings. The number of carbonyl (C=O) groups excluding carboxylic acids is 3. The molecular formula is C21H41N7O6. The number of nitrogens with zero attached hydrogens (tertiary/aromatic N) is 1. The van der Waals surface area contributed by atoms with Crippen LogP contribution in [-0.4, -0.2) is 77.2 Å². The molecule has 0 bridgehead atoms. The van der Waals surface area contributed by atoms with Crippen LogP contribution in [0.4, 0.5) is 0 Å². The van der Waals surface area contributed by atoms with Crippen molar-refractivity contribution in [3.8, 4) is 0 Å². The van der Waals surface area contributed by atoms with E-state index in [0.717, 1.165) is 0 Å². The summed E-state index contributed by atoms with van der Waals surface area (Å²) in [5, 5.41) is 26.4. The lowest BCUT2D eigenvalue weighted by Gasteiger charge is -2.28. The fourth-order valence-electron chi connectivity index (χ4n) is 2.95. The predicted molar refractivity (Wildman–Crippen MR) is 127 cm³/mol. The monoisotopic (exact) mass is 487 g/mol. The van der Waals surface area contributed by atoms with Crippen molar-refractivity contribution in [3.05, 3.63) is 0 Å². The fraction of sp³-hybridized carbons (Fsp3) is 0.762. The van der Waals surface area contributed by atoms with Gasteiger partial charge in [0.2, 0.25) is 17.7 Å². The number of aliphatic imine (C=N–C) groups is 1. The first-order valence-electron chi connectivity index (χ1n) is 11.4. The van der Waals surface area contributed by atoms with E-state index < -0.39 is 54.5 Å². The summed E-state index contributed by atoms with van der Waals surface area (Å²) in [7, 11) is 0. The largest absolute Gasteiger partial charge is 0.480 e. The van der Waals surface area contributed by atoms with Crippen LogP contribution in [0.1, 0.15) is 53.4 Å². The molecule has 34 heavy (non-hydrogen) atoms. The van der Waals surface area contributed by atoms with E-state index in [0.29, 0.717) is 19.3 Å². The summed E-state index contributed by atoms with van der Waals surface area (Å²) in [5.41, 5.74) is 16.4. The number of carboxylic acids is 1. The van der Waals surface area contributed by atoms with E-state index in [1.807, 2.05) is 6.92 Å². The Labute approximate surface area is 200 Å². The van der Waals surface area contributed by atoms with Gasteiger partial charge in [-0.05, 0) is 24.7 Å². The molecule has 3 amide bonds. The number of hydrogen-bond donors (Lipinski definition) is 8. The van der Waals surface area contributed by atoms with Crippen molar-refractivity contribution >= 4 is 29.7 Å². The molecule has 0 aromatic rings. The summed E-state index contributed by atoms with van der Waals surface area (Å²) < 4.78 is 0. The van der Waals surface area contributed by atoms with Gasteiger partial charge in [0.25, 0.3) is 0 Å². The van der Waals surface area contributed by atoms with Gasteiger partial charge in [-0.25, -0.2) is 4.79 Å². The van der Waals surface area contributed by atoms with Crippen molar-refractivity contribution < 1.29 is 29.4 Å². The average Bonchev–Trinajstić information content (AvgIpc) is 2.80. The molecule has 0 aliphatic carbocycles. The van der Waals surface area contributed by atoms with E-state index in [4.69, 9.17) is 17.2 Å². The lowest BCUT2D eigenvalue weighted by molar-refractivity contribution is -0.143. The smallest absolute Gasteiger partial charge is 0.326 e. The van der Waals surface area contributed by atoms with Gasteiger partial charge in [-0.15, -0.1) is 0 Å². The van der Waals surface area contributed by atoms with Crippen molar-refractivity contribution in [3.63, 3.8) is 0 Å². The number of carbonyl (C=O) groups is 4. The van der Waals surface area contributed by atoms with Crippen LogP contribution in [0.5, 0.6) is 0 Å². The van der Waals surface area contributed by atoms with Gasteiger partial charge >= 0.3 is 5.97 Å². The van der Waals surface area contributed by atoms with Gasteiger partial charge in [0, 0.05) is 6.54 Å². The van der Waals surface area contributed by atoms with E-state index in [9.17, 15) is 29.4 Å². The van der Waals surface area contributed by atoms with Gasteiger partial charge in [-0.3, -0.25) is 19.4 Å². The van der Waals surface area contributed by atoms with Crippen molar-refractivity contribution in [2.45, 2.75) is 77.5 Å². The molecule has 0 saturated heterocycles. The first-order valence-corrected chi connectivity index (χ1v) is 11.4. The maximum absolute atomic E-state index is 12.9. The van der Waals surface area contributed by atoms with Crippen molar-refractivity contribution in [1.82, 2.24) is 16.0 Å². The van der Waals surface area contributed by atoms with Crippen LogP contribution in [0.2, 0.25) is 0 Å². The third-order valence-corrected chi connectivity index (χ3v) is 5.73. The van der Waals surface area contributed by atoms with Gasteiger partial charge in [-0.2, -0.15) is 0 Å². The summed E-state index contributed by atoms with van der Waals surface area (Å²) in [5.74, 6) is -3.94. The molecule has 0 heterocycles. The molecule has 0 spiro atoms. The molecule has 0 aliphatic rings. The second kappa shape index (κ2) is 15.8. The van der Waals surface area contributed by atoms with Crippen LogP contribution in [0.25, 0.3) is 0 Å². The fourth-order valence-corrected chi connectivity index (χ4v) is 2.95. The molecule has 0 radical (unpaired) electrons. The minimum Gasteiger partial charge on any atom is -0.480 e. The molecule has 0 saturated carbocycles. The molecular weight excluding hydrogens is 446 g/mol. The van der Waals surface area contributed by atoms with Gasteiger partial charge < -0.3 is 43.4 Å². The second-order valence-electron chi connectivity index (χ2n) is 8.38. The van der Waals surface area contributed by atoms with E-state index in [1.54, 1.807) is 20.8 Å². The standard InChI is InChI=1S/C21H41N7O6/c1-5-11(3)15(22)18(31)27-14(10-29)17(30)28-16(12(4)6-2)19(32)26-13(20(33)34)8-7-9-25-21(23)24/h11-16,29H,5-10,22H2,1-4H3,(H,26,32)(H,27,31)(H,28,30)(H,33,34)(H4,23,24,25). The Hall–Kier alpha value is -2.93. The number of aliphatic carboxylic acids is 1. The van der Waals surface area contributed by atoms with Crippen LogP contribution in [-0.2, 0) is 19.2 Å². The predicted octanol–water partition coefficient (Wildman–Crippen LogP) is -2.01. The zero-order chi connectivity index (χ0) is 26.4. The number of aliphatic hydroxyl groups excluding tert-OH is 1. The Balaban J connectivity index is 5.32. The normalized spacial score (nSPS) is 16.2. The minimum atomic E-state index is -1.32. The SMILES string of the molecule is CCC(C)C(N)C(=O)NC(CO)C(=O)NC(C(=O)NC(CCCN=C(N)N)C(=O)O)C(C)CC. The Morgan fingerprint density at radius 1 is 0.882 bits per heavy atom. The van der Waals surface area contributed by atoms with Crippen molar-refractivity contribution in [1.29, 1.82) is 0 Å². The molecule has 11 N–H and O–H groups in total. The first kappa shape index (κ1) is 31.1. The Morgan fingerprint density at radius 2 is 1.44 bits per heavy atom. The molecule has 0 aliphatic heterocycles. The zero-order valence-electron chi connectivity index (χ0n) is 20.4. The Kier molecular flexibility index (Phi) is 14.5. The van der Waals surface area contributed by atoms with E-state index >= 15 is 0 Å². The van der Waals surface area contributed by atoms with Crippen molar-refractivity contribution in [2.75, 3.05) is 13.2 Å². The van der Waals surface area contributed by atoms with E-state index in [2.05, 4.69) is 20.9 Å². The maximum Gasteiger partial charge on any atom is 0.326 e. The number of carboxylic acid groups (broad SMARTS) is 1. The summed E-state index contributed by atoms with van der Waals surface area (Å²) in [4.78, 5) is 53.3. The zero-order valence-corrected chi connectivity index (χ0v) is 20.4.